The summed E-state index contributed by atoms with van der Waals surface area (Å²) < 4.78 is 6.22. The largest absolute Gasteiger partial charge is 0.383 e. The zero-order valence-electron chi connectivity index (χ0n) is 22.4. The molecule has 3 rings (SSSR count). The molecule has 1 fully saturated rings. The first kappa shape index (κ1) is 29.1. The summed E-state index contributed by atoms with van der Waals surface area (Å²) in [5.41, 5.74) is 1.03. The Hall–Kier alpha value is -2.45. The van der Waals surface area contributed by atoms with Crippen LogP contribution < -0.4 is 16.0 Å². The molecule has 0 saturated heterocycles. The van der Waals surface area contributed by atoms with E-state index in [1.807, 2.05) is 18.2 Å². The lowest BCUT2D eigenvalue weighted by Gasteiger charge is -2.28. The Morgan fingerprint density at radius 3 is 2.57 bits per heavy atom. The summed E-state index contributed by atoms with van der Waals surface area (Å²) in [6.07, 6.45) is 9.91. The lowest BCUT2D eigenvalue weighted by Crippen LogP contribution is -2.55. The fraction of sp³-hybridized carbons (Fsp3) is 0.621. The quantitative estimate of drug-likeness (QED) is 0.291. The van der Waals surface area contributed by atoms with Gasteiger partial charge in [0.05, 0.1) is 6.61 Å². The van der Waals surface area contributed by atoms with Crippen molar-refractivity contribution < 1.29 is 19.1 Å². The molecular formula is C29H43N3O4S. The van der Waals surface area contributed by atoms with E-state index >= 15 is 0 Å². The zero-order chi connectivity index (χ0) is 26.5. The van der Waals surface area contributed by atoms with Gasteiger partial charge in [0.25, 0.3) is 0 Å². The molecule has 2 atom stereocenters. The van der Waals surface area contributed by atoms with Gasteiger partial charge in [-0.1, -0.05) is 70.1 Å². The van der Waals surface area contributed by atoms with Crippen LogP contribution in [0.5, 0.6) is 0 Å². The van der Waals surface area contributed by atoms with Crippen molar-refractivity contribution in [3.05, 3.63) is 35.2 Å². The van der Waals surface area contributed by atoms with Crippen LogP contribution in [0.2, 0.25) is 0 Å². The van der Waals surface area contributed by atoms with E-state index in [1.54, 1.807) is 18.4 Å². The molecule has 8 heteroatoms. The highest BCUT2D eigenvalue weighted by Crippen LogP contribution is 2.28. The van der Waals surface area contributed by atoms with Crippen LogP contribution in [0.25, 0.3) is 10.1 Å². The van der Waals surface area contributed by atoms with Crippen molar-refractivity contribution in [2.75, 3.05) is 20.3 Å². The van der Waals surface area contributed by atoms with Crippen LogP contribution in [-0.4, -0.2) is 50.1 Å². The standard InChI is InChI=1S/C29H43N3O4S/c1-3-4-6-15-27(33)31-25(19-22-20-37-26-14-10-9-13-23(22)26)29(35)32-24(28(34)30-16-17-36-2)18-21-11-7-5-8-12-21/h9-10,13-14,20-21,24-25H,3-8,11-12,15-19H2,1-2H3,(H,30,34)(H,31,33)(H,32,35)/t24-,25-/m0/s1. The molecule has 7 nitrogen and oxygen atoms in total. The maximum atomic E-state index is 13.6. The van der Waals surface area contributed by atoms with Crippen molar-refractivity contribution in [3.8, 4) is 0 Å². The van der Waals surface area contributed by atoms with Crippen LogP contribution in [0.1, 0.15) is 76.7 Å². The van der Waals surface area contributed by atoms with Crippen LogP contribution in [0.4, 0.5) is 0 Å². The van der Waals surface area contributed by atoms with Gasteiger partial charge in [-0.15, -0.1) is 11.3 Å². The molecule has 1 aliphatic carbocycles. The summed E-state index contributed by atoms with van der Waals surface area (Å²) >= 11 is 1.64. The monoisotopic (exact) mass is 529 g/mol. The molecule has 1 heterocycles. The molecule has 3 N–H and O–H groups in total. The topological polar surface area (TPSA) is 96.5 Å². The predicted molar refractivity (Wildman–Crippen MR) is 150 cm³/mol. The van der Waals surface area contributed by atoms with Crippen molar-refractivity contribution in [1.29, 1.82) is 0 Å². The Bertz CT molecular complexity index is 1000. The van der Waals surface area contributed by atoms with Gasteiger partial charge in [-0.05, 0) is 41.2 Å². The number of nitrogens with one attached hydrogen (secondary N) is 3. The molecule has 0 spiro atoms. The molecule has 1 saturated carbocycles. The lowest BCUT2D eigenvalue weighted by molar-refractivity contribution is -0.132. The molecule has 0 radical (unpaired) electrons. The summed E-state index contributed by atoms with van der Waals surface area (Å²) in [6, 6.07) is 6.72. The third kappa shape index (κ3) is 9.42. The normalized spacial score (nSPS) is 15.7. The number of thiophene rings is 1. The maximum Gasteiger partial charge on any atom is 0.243 e. The predicted octanol–water partition coefficient (Wildman–Crippen LogP) is 4.73. The number of fused-ring (bicyclic) bond motifs is 1. The van der Waals surface area contributed by atoms with Crippen LogP contribution >= 0.6 is 11.3 Å². The third-order valence-electron chi connectivity index (χ3n) is 7.18. The molecule has 2 aromatic rings. The highest BCUT2D eigenvalue weighted by Gasteiger charge is 2.30. The first-order chi connectivity index (χ1) is 18.0. The van der Waals surface area contributed by atoms with Gasteiger partial charge in [0.1, 0.15) is 12.1 Å². The van der Waals surface area contributed by atoms with Crippen LogP contribution in [0, 0.1) is 5.92 Å². The Balaban J connectivity index is 1.75. The first-order valence-corrected chi connectivity index (χ1v) is 14.7. The molecule has 204 valence electrons. The van der Waals surface area contributed by atoms with Crippen LogP contribution in [0.3, 0.4) is 0 Å². The maximum absolute atomic E-state index is 13.6. The second kappa shape index (κ2) is 15.7. The van der Waals surface area contributed by atoms with Crippen molar-refractivity contribution >= 4 is 39.1 Å². The van der Waals surface area contributed by atoms with E-state index in [0.717, 1.165) is 60.6 Å². The van der Waals surface area contributed by atoms with Crippen molar-refractivity contribution in [2.24, 2.45) is 5.92 Å². The molecule has 0 bridgehead atoms. The van der Waals surface area contributed by atoms with E-state index in [2.05, 4.69) is 34.3 Å². The average molecular weight is 530 g/mol. The summed E-state index contributed by atoms with van der Waals surface area (Å²) in [4.78, 5) is 39.5. The number of rotatable bonds is 15. The van der Waals surface area contributed by atoms with Crippen molar-refractivity contribution in [1.82, 2.24) is 16.0 Å². The Labute approximate surface area is 225 Å². The van der Waals surface area contributed by atoms with Gasteiger partial charge >= 0.3 is 0 Å². The van der Waals surface area contributed by atoms with E-state index < -0.39 is 12.1 Å². The average Bonchev–Trinajstić information content (AvgIpc) is 3.31. The molecule has 1 aromatic carbocycles. The van der Waals surface area contributed by atoms with E-state index in [-0.39, 0.29) is 17.7 Å². The summed E-state index contributed by atoms with van der Waals surface area (Å²) in [7, 11) is 1.59. The van der Waals surface area contributed by atoms with Crippen molar-refractivity contribution in [2.45, 2.75) is 89.6 Å². The van der Waals surface area contributed by atoms with Gasteiger partial charge < -0.3 is 20.7 Å². The van der Waals surface area contributed by atoms with Crippen LogP contribution in [0.15, 0.2) is 29.6 Å². The lowest BCUT2D eigenvalue weighted by atomic mass is 9.84. The number of ether oxygens (including phenoxy) is 1. The van der Waals surface area contributed by atoms with Crippen LogP contribution in [-0.2, 0) is 25.5 Å². The fourth-order valence-electron chi connectivity index (χ4n) is 5.08. The highest BCUT2D eigenvalue weighted by atomic mass is 32.1. The summed E-state index contributed by atoms with van der Waals surface area (Å²) in [5.74, 6) is -0.205. The van der Waals surface area contributed by atoms with Gasteiger partial charge in [-0.3, -0.25) is 14.4 Å². The van der Waals surface area contributed by atoms with E-state index in [1.165, 1.54) is 6.42 Å². The van der Waals surface area contributed by atoms with Gasteiger partial charge in [0, 0.05) is 31.2 Å². The second-order valence-corrected chi connectivity index (χ2v) is 11.0. The molecule has 0 unspecified atom stereocenters. The second-order valence-electron chi connectivity index (χ2n) is 10.1. The number of unbranched alkanes of at least 4 members (excludes halogenated alkanes) is 2. The fourth-order valence-corrected chi connectivity index (χ4v) is 6.06. The number of hydrogen-bond acceptors (Lipinski definition) is 5. The minimum Gasteiger partial charge on any atom is -0.383 e. The van der Waals surface area contributed by atoms with Gasteiger partial charge in [0.2, 0.25) is 17.7 Å². The molecule has 3 amide bonds. The zero-order valence-corrected chi connectivity index (χ0v) is 23.2. The summed E-state index contributed by atoms with van der Waals surface area (Å²) in [6.45, 7) is 2.91. The Morgan fingerprint density at radius 1 is 1.03 bits per heavy atom. The smallest absolute Gasteiger partial charge is 0.243 e. The third-order valence-corrected chi connectivity index (χ3v) is 8.19. The Morgan fingerprint density at radius 2 is 1.81 bits per heavy atom. The van der Waals surface area contributed by atoms with E-state index in [0.29, 0.717) is 38.3 Å². The molecule has 1 aromatic heterocycles. The SMILES string of the molecule is CCCCCC(=O)N[C@@H](Cc1csc2ccccc12)C(=O)N[C@@H](CC1CCCCC1)C(=O)NCCOC. The number of methoxy groups -OCH3 is 1. The Kier molecular flexibility index (Phi) is 12.4. The van der Waals surface area contributed by atoms with Gasteiger partial charge in [0.15, 0.2) is 0 Å². The van der Waals surface area contributed by atoms with E-state index in [4.69, 9.17) is 4.74 Å². The van der Waals surface area contributed by atoms with E-state index in [9.17, 15) is 14.4 Å². The molecule has 1 aliphatic rings. The highest BCUT2D eigenvalue weighted by molar-refractivity contribution is 7.17. The number of benzene rings is 1. The summed E-state index contributed by atoms with van der Waals surface area (Å²) in [5, 5.41) is 12.1. The molecular weight excluding hydrogens is 486 g/mol. The molecule has 0 aliphatic heterocycles. The molecule has 37 heavy (non-hydrogen) atoms. The number of carbonyl (C=O) groups excluding carboxylic acids is 3. The minimum absolute atomic E-state index is 0.124. The number of amides is 3. The first-order valence-electron chi connectivity index (χ1n) is 13.8. The van der Waals surface area contributed by atoms with Crippen molar-refractivity contribution in [3.63, 3.8) is 0 Å². The number of carbonyl (C=O) groups is 3. The minimum atomic E-state index is -0.743. The van der Waals surface area contributed by atoms with Gasteiger partial charge in [-0.2, -0.15) is 0 Å². The number of hydrogen-bond donors (Lipinski definition) is 3. The van der Waals surface area contributed by atoms with Gasteiger partial charge in [-0.25, -0.2) is 0 Å².